The van der Waals surface area contributed by atoms with E-state index in [1.165, 1.54) is 24.4 Å². The Balaban J connectivity index is 2.17. The molecular formula is C17H15F2N3O. The summed E-state index contributed by atoms with van der Waals surface area (Å²) in [6, 6.07) is 5.56. The summed E-state index contributed by atoms with van der Waals surface area (Å²) in [5.41, 5.74) is 6.89. The SMILES string of the molecule is CCCc1c(O)cc(-c2cc(F)c3cnc(N)nc3c2)cc1F. The number of nitrogens with zero attached hydrogens (tertiary/aromatic N) is 2. The van der Waals surface area contributed by atoms with Crippen molar-refractivity contribution in [1.82, 2.24) is 9.97 Å². The van der Waals surface area contributed by atoms with Crippen molar-refractivity contribution in [2.45, 2.75) is 19.8 Å². The number of hydrogen-bond donors (Lipinski definition) is 2. The van der Waals surface area contributed by atoms with E-state index in [4.69, 9.17) is 5.73 Å². The molecule has 2 aromatic carbocycles. The molecule has 1 heterocycles. The third-order valence-corrected chi connectivity index (χ3v) is 3.67. The average molecular weight is 315 g/mol. The Bertz CT molecular complexity index is 873. The molecule has 0 fully saturated rings. The van der Waals surface area contributed by atoms with E-state index < -0.39 is 11.6 Å². The van der Waals surface area contributed by atoms with Gasteiger partial charge >= 0.3 is 0 Å². The van der Waals surface area contributed by atoms with Gasteiger partial charge in [0, 0.05) is 11.8 Å². The minimum Gasteiger partial charge on any atom is -0.508 e. The van der Waals surface area contributed by atoms with Gasteiger partial charge in [0.2, 0.25) is 5.95 Å². The maximum absolute atomic E-state index is 14.2. The Kier molecular flexibility index (Phi) is 3.82. The molecule has 0 spiro atoms. The highest BCUT2D eigenvalue weighted by atomic mass is 19.1. The number of nitrogens with two attached hydrogens (primary N) is 1. The Labute approximate surface area is 131 Å². The zero-order valence-electron chi connectivity index (χ0n) is 12.5. The number of hydrogen-bond acceptors (Lipinski definition) is 4. The largest absolute Gasteiger partial charge is 0.508 e. The van der Waals surface area contributed by atoms with Gasteiger partial charge < -0.3 is 10.8 Å². The number of aromatic nitrogens is 2. The van der Waals surface area contributed by atoms with E-state index in [0.29, 0.717) is 29.5 Å². The molecule has 4 nitrogen and oxygen atoms in total. The van der Waals surface area contributed by atoms with E-state index in [9.17, 15) is 13.9 Å². The number of phenolic OH excluding ortho intramolecular Hbond substituents is 1. The van der Waals surface area contributed by atoms with Crippen molar-refractivity contribution in [2.24, 2.45) is 0 Å². The number of fused-ring (bicyclic) bond motifs is 1. The summed E-state index contributed by atoms with van der Waals surface area (Å²) in [4.78, 5) is 7.74. The molecule has 23 heavy (non-hydrogen) atoms. The minimum absolute atomic E-state index is 0.0290. The lowest BCUT2D eigenvalue weighted by Gasteiger charge is -2.10. The number of halogens is 2. The fourth-order valence-corrected chi connectivity index (χ4v) is 2.56. The summed E-state index contributed by atoms with van der Waals surface area (Å²) >= 11 is 0. The van der Waals surface area contributed by atoms with Crippen LogP contribution in [0.5, 0.6) is 5.75 Å². The van der Waals surface area contributed by atoms with E-state index in [1.807, 2.05) is 6.92 Å². The lowest BCUT2D eigenvalue weighted by molar-refractivity contribution is 0.458. The molecule has 1 aromatic heterocycles. The monoisotopic (exact) mass is 315 g/mol. The van der Waals surface area contributed by atoms with Gasteiger partial charge in [0.25, 0.3) is 0 Å². The highest BCUT2D eigenvalue weighted by Crippen LogP contribution is 2.32. The van der Waals surface area contributed by atoms with Gasteiger partial charge in [-0.25, -0.2) is 18.7 Å². The molecule has 0 radical (unpaired) electrons. The van der Waals surface area contributed by atoms with Crippen molar-refractivity contribution < 1.29 is 13.9 Å². The summed E-state index contributed by atoms with van der Waals surface area (Å²) in [5.74, 6) is -1.15. The first kappa shape index (κ1) is 15.1. The molecule has 0 amide bonds. The molecule has 118 valence electrons. The van der Waals surface area contributed by atoms with Gasteiger partial charge in [-0.05, 0) is 41.8 Å². The van der Waals surface area contributed by atoms with Crippen LogP contribution in [0.1, 0.15) is 18.9 Å². The Morgan fingerprint density at radius 3 is 2.48 bits per heavy atom. The molecule has 0 bridgehead atoms. The van der Waals surface area contributed by atoms with Crippen molar-refractivity contribution in [3.05, 3.63) is 47.7 Å². The van der Waals surface area contributed by atoms with Crippen LogP contribution >= 0.6 is 0 Å². The topological polar surface area (TPSA) is 72.0 Å². The van der Waals surface area contributed by atoms with Crippen molar-refractivity contribution in [1.29, 1.82) is 0 Å². The van der Waals surface area contributed by atoms with Gasteiger partial charge in [-0.2, -0.15) is 0 Å². The Morgan fingerprint density at radius 2 is 1.78 bits per heavy atom. The van der Waals surface area contributed by atoms with E-state index in [-0.39, 0.29) is 22.6 Å². The molecule has 6 heteroatoms. The zero-order chi connectivity index (χ0) is 16.6. The minimum atomic E-state index is -0.532. The first-order valence-corrected chi connectivity index (χ1v) is 7.23. The van der Waals surface area contributed by atoms with Gasteiger partial charge in [0.05, 0.1) is 10.9 Å². The van der Waals surface area contributed by atoms with Crippen molar-refractivity contribution in [3.63, 3.8) is 0 Å². The molecule has 0 atom stereocenters. The predicted molar refractivity (Wildman–Crippen MR) is 85.0 cm³/mol. The third kappa shape index (κ3) is 2.79. The second kappa shape index (κ2) is 5.79. The smallest absolute Gasteiger partial charge is 0.220 e. The van der Waals surface area contributed by atoms with Crippen molar-refractivity contribution in [2.75, 3.05) is 5.73 Å². The second-order valence-electron chi connectivity index (χ2n) is 5.32. The van der Waals surface area contributed by atoms with Crippen LogP contribution < -0.4 is 5.73 Å². The Hall–Kier alpha value is -2.76. The molecule has 0 saturated heterocycles. The molecule has 3 N–H and O–H groups in total. The van der Waals surface area contributed by atoms with Crippen LogP contribution in [0.15, 0.2) is 30.5 Å². The highest BCUT2D eigenvalue weighted by Gasteiger charge is 2.13. The molecule has 0 aliphatic rings. The van der Waals surface area contributed by atoms with Crippen molar-refractivity contribution >= 4 is 16.9 Å². The van der Waals surface area contributed by atoms with Crippen LogP contribution in [0, 0.1) is 11.6 Å². The fourth-order valence-electron chi connectivity index (χ4n) is 2.56. The number of aromatic hydroxyl groups is 1. The Morgan fingerprint density at radius 1 is 1.09 bits per heavy atom. The summed E-state index contributed by atoms with van der Waals surface area (Å²) in [6.07, 6.45) is 2.46. The summed E-state index contributed by atoms with van der Waals surface area (Å²) in [6.45, 7) is 1.90. The predicted octanol–water partition coefficient (Wildman–Crippen LogP) is 3.82. The van der Waals surface area contributed by atoms with Gasteiger partial charge in [0.1, 0.15) is 17.4 Å². The van der Waals surface area contributed by atoms with E-state index >= 15 is 0 Å². The molecular weight excluding hydrogens is 300 g/mol. The number of phenols is 1. The van der Waals surface area contributed by atoms with E-state index in [2.05, 4.69) is 9.97 Å². The molecule has 0 aliphatic heterocycles. The van der Waals surface area contributed by atoms with Crippen LogP contribution in [0.2, 0.25) is 0 Å². The lowest BCUT2D eigenvalue weighted by atomic mass is 9.99. The zero-order valence-corrected chi connectivity index (χ0v) is 12.5. The summed E-state index contributed by atoms with van der Waals surface area (Å²) in [5, 5.41) is 10.2. The van der Waals surface area contributed by atoms with E-state index in [1.54, 1.807) is 6.07 Å². The molecule has 3 aromatic rings. The first-order valence-electron chi connectivity index (χ1n) is 7.23. The van der Waals surface area contributed by atoms with Crippen LogP contribution in [-0.2, 0) is 6.42 Å². The standard InChI is InChI=1S/C17H15F2N3O/c1-2-3-11-13(18)5-10(7-16(11)23)9-4-14(19)12-8-21-17(20)22-15(12)6-9/h4-8,23H,2-3H2,1H3,(H2,20,21,22). The lowest BCUT2D eigenvalue weighted by Crippen LogP contribution is -1.96. The maximum Gasteiger partial charge on any atom is 0.220 e. The van der Waals surface area contributed by atoms with Crippen molar-refractivity contribution in [3.8, 4) is 16.9 Å². The molecule has 3 rings (SSSR count). The molecule has 0 saturated carbocycles. The van der Waals surface area contributed by atoms with E-state index in [0.717, 1.165) is 0 Å². The van der Waals surface area contributed by atoms with Gasteiger partial charge in [-0.3, -0.25) is 0 Å². The van der Waals surface area contributed by atoms with Gasteiger partial charge in [-0.1, -0.05) is 13.3 Å². The fraction of sp³-hybridized carbons (Fsp3) is 0.176. The molecule has 0 aliphatic carbocycles. The first-order chi connectivity index (χ1) is 11.0. The molecule has 0 unspecified atom stereocenters. The van der Waals surface area contributed by atoms with Crippen LogP contribution in [0.3, 0.4) is 0 Å². The number of benzene rings is 2. The number of anilines is 1. The number of rotatable bonds is 3. The second-order valence-corrected chi connectivity index (χ2v) is 5.32. The van der Waals surface area contributed by atoms with Crippen LogP contribution in [0.25, 0.3) is 22.0 Å². The number of nitrogen functional groups attached to an aromatic ring is 1. The summed E-state index contributed by atoms with van der Waals surface area (Å²) < 4.78 is 28.4. The highest BCUT2D eigenvalue weighted by molar-refractivity contribution is 5.85. The average Bonchev–Trinajstić information content (AvgIpc) is 2.50. The van der Waals surface area contributed by atoms with Crippen LogP contribution in [0.4, 0.5) is 14.7 Å². The normalized spacial score (nSPS) is 11.1. The third-order valence-electron chi connectivity index (χ3n) is 3.67. The summed E-state index contributed by atoms with van der Waals surface area (Å²) in [7, 11) is 0. The van der Waals surface area contributed by atoms with Gasteiger partial charge in [-0.15, -0.1) is 0 Å². The maximum atomic E-state index is 14.2. The van der Waals surface area contributed by atoms with Gasteiger partial charge in [0.15, 0.2) is 0 Å². The van der Waals surface area contributed by atoms with Crippen LogP contribution in [-0.4, -0.2) is 15.1 Å². The quantitative estimate of drug-likeness (QED) is 0.771.